The predicted molar refractivity (Wildman–Crippen MR) is 90.0 cm³/mol. The van der Waals surface area contributed by atoms with E-state index in [0.717, 1.165) is 6.07 Å². The molecule has 2 atom stereocenters. The van der Waals surface area contributed by atoms with Crippen LogP contribution in [-0.2, 0) is 16.0 Å². The fourth-order valence-corrected chi connectivity index (χ4v) is 2.91. The van der Waals surface area contributed by atoms with Gasteiger partial charge in [0.2, 0.25) is 11.8 Å². The van der Waals surface area contributed by atoms with Crippen LogP contribution in [0.25, 0.3) is 0 Å². The summed E-state index contributed by atoms with van der Waals surface area (Å²) in [5.41, 5.74) is 1.64. The van der Waals surface area contributed by atoms with Crippen molar-refractivity contribution in [2.24, 2.45) is 5.92 Å². The van der Waals surface area contributed by atoms with Crippen LogP contribution in [0, 0.1) is 17.6 Å². The lowest BCUT2D eigenvalue weighted by Crippen LogP contribution is -2.22. The van der Waals surface area contributed by atoms with Gasteiger partial charge in [-0.05, 0) is 35.6 Å². The summed E-state index contributed by atoms with van der Waals surface area (Å²) in [6.45, 7) is 0. The normalized spacial score (nSPS) is 18.5. The maximum atomic E-state index is 13.8. The van der Waals surface area contributed by atoms with Crippen LogP contribution in [0.15, 0.2) is 42.5 Å². The van der Waals surface area contributed by atoms with Gasteiger partial charge in [-0.3, -0.25) is 9.59 Å². The molecule has 0 bridgehead atoms. The van der Waals surface area contributed by atoms with Crippen LogP contribution in [0.4, 0.5) is 14.5 Å². The lowest BCUT2D eigenvalue weighted by Gasteiger charge is -2.11. The molecule has 3 rings (SSSR count). The van der Waals surface area contributed by atoms with Crippen LogP contribution >= 0.6 is 0 Å². The van der Waals surface area contributed by atoms with Gasteiger partial charge in [-0.25, -0.2) is 8.78 Å². The van der Waals surface area contributed by atoms with Crippen molar-refractivity contribution in [2.75, 3.05) is 12.4 Å². The molecule has 130 valence electrons. The summed E-state index contributed by atoms with van der Waals surface area (Å²) in [6.07, 6.45) is 0.680. The van der Waals surface area contributed by atoms with Gasteiger partial charge in [0.15, 0.2) is 0 Å². The summed E-state index contributed by atoms with van der Waals surface area (Å²) in [5, 5.41) is 5.36. The van der Waals surface area contributed by atoms with E-state index in [2.05, 4.69) is 10.6 Å². The molecular formula is C19H18F2N2O2. The standard InChI is InChI=1S/C19H18F2N2O2/c1-22-18(24)8-11-4-2-3-5-17(11)23-19(25)15-10-14(15)13-7-6-12(20)9-16(13)21/h2-7,9,14-15H,8,10H2,1H3,(H,22,24)(H,23,25)/t14-,15+/m0/s1. The summed E-state index contributed by atoms with van der Waals surface area (Å²) in [7, 11) is 1.55. The lowest BCUT2D eigenvalue weighted by molar-refractivity contribution is -0.120. The average Bonchev–Trinajstić information content (AvgIpc) is 3.37. The van der Waals surface area contributed by atoms with Crippen molar-refractivity contribution in [1.82, 2.24) is 5.32 Å². The number of carbonyl (C=O) groups excluding carboxylic acids is 2. The second-order valence-corrected chi connectivity index (χ2v) is 6.11. The first kappa shape index (κ1) is 17.1. The molecule has 1 aliphatic carbocycles. The number of hydrogen-bond donors (Lipinski definition) is 2. The number of anilines is 1. The largest absolute Gasteiger partial charge is 0.359 e. The van der Waals surface area contributed by atoms with Crippen LogP contribution in [-0.4, -0.2) is 18.9 Å². The quantitative estimate of drug-likeness (QED) is 0.876. The van der Waals surface area contributed by atoms with E-state index in [1.54, 1.807) is 31.3 Å². The Morgan fingerprint density at radius 3 is 2.64 bits per heavy atom. The summed E-state index contributed by atoms with van der Waals surface area (Å²) in [5.74, 6) is -2.23. The topological polar surface area (TPSA) is 58.2 Å². The smallest absolute Gasteiger partial charge is 0.228 e. The van der Waals surface area contributed by atoms with Gasteiger partial charge in [-0.15, -0.1) is 0 Å². The number of hydrogen-bond acceptors (Lipinski definition) is 2. The molecule has 0 radical (unpaired) electrons. The maximum Gasteiger partial charge on any atom is 0.228 e. The van der Waals surface area contributed by atoms with Gasteiger partial charge in [0.25, 0.3) is 0 Å². The number of carbonyl (C=O) groups is 2. The summed E-state index contributed by atoms with van der Waals surface area (Å²) in [4.78, 5) is 24.0. The molecular weight excluding hydrogens is 326 g/mol. The Balaban J connectivity index is 1.69. The minimum absolute atomic E-state index is 0.153. The Kier molecular flexibility index (Phi) is 4.79. The summed E-state index contributed by atoms with van der Waals surface area (Å²) >= 11 is 0. The molecule has 25 heavy (non-hydrogen) atoms. The monoisotopic (exact) mass is 344 g/mol. The minimum Gasteiger partial charge on any atom is -0.359 e. The number of amides is 2. The predicted octanol–water partition coefficient (Wildman–Crippen LogP) is 3.00. The highest BCUT2D eigenvalue weighted by molar-refractivity contribution is 5.96. The van der Waals surface area contributed by atoms with E-state index < -0.39 is 11.6 Å². The van der Waals surface area contributed by atoms with Crippen molar-refractivity contribution in [3.8, 4) is 0 Å². The van der Waals surface area contributed by atoms with Gasteiger partial charge in [0.1, 0.15) is 11.6 Å². The molecule has 0 heterocycles. The molecule has 1 saturated carbocycles. The second-order valence-electron chi connectivity index (χ2n) is 6.11. The van der Waals surface area contributed by atoms with Crippen LogP contribution in [0.2, 0.25) is 0 Å². The zero-order valence-corrected chi connectivity index (χ0v) is 13.7. The molecule has 0 saturated heterocycles. The average molecular weight is 344 g/mol. The van der Waals surface area contributed by atoms with Gasteiger partial charge >= 0.3 is 0 Å². The van der Waals surface area contributed by atoms with E-state index in [1.807, 2.05) is 0 Å². The van der Waals surface area contributed by atoms with Crippen molar-refractivity contribution < 1.29 is 18.4 Å². The van der Waals surface area contributed by atoms with E-state index in [9.17, 15) is 18.4 Å². The zero-order valence-electron chi connectivity index (χ0n) is 13.7. The Labute approximate surface area is 144 Å². The highest BCUT2D eigenvalue weighted by Gasteiger charge is 2.45. The molecule has 0 aromatic heterocycles. The Bertz CT molecular complexity index is 823. The Morgan fingerprint density at radius 2 is 1.92 bits per heavy atom. The maximum absolute atomic E-state index is 13.8. The molecule has 1 aliphatic rings. The molecule has 0 aliphatic heterocycles. The third-order valence-corrected chi connectivity index (χ3v) is 4.39. The van der Waals surface area contributed by atoms with Crippen molar-refractivity contribution in [1.29, 1.82) is 0 Å². The number of rotatable bonds is 5. The molecule has 0 spiro atoms. The fraction of sp³-hybridized carbons (Fsp3) is 0.263. The Hall–Kier alpha value is -2.76. The number of para-hydroxylation sites is 1. The van der Waals surface area contributed by atoms with Gasteiger partial charge in [0.05, 0.1) is 6.42 Å². The van der Waals surface area contributed by atoms with Crippen LogP contribution in [0.3, 0.4) is 0 Å². The molecule has 2 amide bonds. The van der Waals surface area contributed by atoms with E-state index in [4.69, 9.17) is 0 Å². The first-order chi connectivity index (χ1) is 12.0. The van der Waals surface area contributed by atoms with Crippen molar-refractivity contribution in [2.45, 2.75) is 18.8 Å². The molecule has 1 fully saturated rings. The van der Waals surface area contributed by atoms with E-state index in [-0.39, 0.29) is 30.1 Å². The zero-order chi connectivity index (χ0) is 18.0. The third-order valence-electron chi connectivity index (χ3n) is 4.39. The summed E-state index contributed by atoms with van der Waals surface area (Å²) in [6, 6.07) is 10.5. The van der Waals surface area contributed by atoms with E-state index >= 15 is 0 Å². The van der Waals surface area contributed by atoms with E-state index in [1.165, 1.54) is 12.1 Å². The number of likely N-dealkylation sites (N-methyl/N-ethyl adjacent to an activating group) is 1. The van der Waals surface area contributed by atoms with E-state index in [0.29, 0.717) is 23.2 Å². The fourth-order valence-electron chi connectivity index (χ4n) is 2.91. The van der Waals surface area contributed by atoms with Crippen LogP contribution in [0.1, 0.15) is 23.5 Å². The van der Waals surface area contributed by atoms with Gasteiger partial charge in [-0.2, -0.15) is 0 Å². The molecule has 4 nitrogen and oxygen atoms in total. The van der Waals surface area contributed by atoms with Crippen molar-refractivity contribution in [3.05, 3.63) is 65.2 Å². The Morgan fingerprint density at radius 1 is 1.16 bits per heavy atom. The minimum atomic E-state index is -0.633. The second kappa shape index (κ2) is 7.01. The summed E-state index contributed by atoms with van der Waals surface area (Å²) < 4.78 is 26.8. The molecule has 2 N–H and O–H groups in total. The third kappa shape index (κ3) is 3.84. The number of halogens is 2. The molecule has 2 aromatic rings. The van der Waals surface area contributed by atoms with Crippen LogP contribution < -0.4 is 10.6 Å². The van der Waals surface area contributed by atoms with Crippen molar-refractivity contribution in [3.63, 3.8) is 0 Å². The van der Waals surface area contributed by atoms with Gasteiger partial charge in [-0.1, -0.05) is 24.3 Å². The first-order valence-corrected chi connectivity index (χ1v) is 8.04. The number of nitrogens with one attached hydrogen (secondary N) is 2. The molecule has 2 aromatic carbocycles. The first-order valence-electron chi connectivity index (χ1n) is 8.04. The SMILES string of the molecule is CNC(=O)Cc1ccccc1NC(=O)[C@@H]1C[C@H]1c1ccc(F)cc1F. The highest BCUT2D eigenvalue weighted by atomic mass is 19.1. The van der Waals surface area contributed by atoms with Crippen molar-refractivity contribution >= 4 is 17.5 Å². The van der Waals surface area contributed by atoms with Gasteiger partial charge in [0, 0.05) is 24.7 Å². The van der Waals surface area contributed by atoms with Crippen LogP contribution in [0.5, 0.6) is 0 Å². The highest BCUT2D eigenvalue weighted by Crippen LogP contribution is 2.48. The van der Waals surface area contributed by atoms with Gasteiger partial charge < -0.3 is 10.6 Å². The number of benzene rings is 2. The molecule has 0 unspecified atom stereocenters. The molecule has 6 heteroatoms. The lowest BCUT2D eigenvalue weighted by atomic mass is 10.1.